The Labute approximate surface area is 228 Å². The normalized spacial score (nSPS) is 12.9. The fraction of sp³-hybridized carbons (Fsp3) is 0.357. The highest BCUT2D eigenvalue weighted by atomic mass is 19.1. The van der Waals surface area contributed by atoms with E-state index in [9.17, 15) is 28.3 Å². The largest absolute Gasteiger partial charge is 0.390 e. The number of rotatable bonds is 11. The zero-order chi connectivity index (χ0) is 29.0. The first-order valence-electron chi connectivity index (χ1n) is 12.9. The van der Waals surface area contributed by atoms with E-state index in [4.69, 9.17) is 0 Å². The summed E-state index contributed by atoms with van der Waals surface area (Å²) < 4.78 is 31.2. The predicted octanol–water partition coefficient (Wildman–Crippen LogP) is 1.15. The van der Waals surface area contributed by atoms with Gasteiger partial charge in [0.2, 0.25) is 5.91 Å². The molecule has 3 N–H and O–H groups in total. The summed E-state index contributed by atoms with van der Waals surface area (Å²) in [5, 5.41) is 16.9. The van der Waals surface area contributed by atoms with Gasteiger partial charge in [0, 0.05) is 33.3 Å². The predicted molar refractivity (Wildman–Crippen MR) is 146 cm³/mol. The lowest BCUT2D eigenvalue weighted by Gasteiger charge is -2.25. The molecule has 0 saturated heterocycles. The Kier molecular flexibility index (Phi) is 8.90. The van der Waals surface area contributed by atoms with E-state index in [1.165, 1.54) is 35.1 Å². The number of nitrogens with one attached hydrogen (secondary N) is 2. The standard InChI is InChI=1S/C28H32F2N6O4/c1-4-17-6-5-7-18(8-17)13-31-14-23(37)22(11-19-9-20(29)12-21(30)10-19)33-24(38)15-36-16-32-25-26(36)34(2)28(40)35(3)27(25)39/h5-10,12,16,22-23,31,37H,4,11,13-15H2,1-3H3,(H,33,38)/t22-,23-/m0/s1. The van der Waals surface area contributed by atoms with E-state index in [-0.39, 0.29) is 36.2 Å². The molecule has 2 atom stereocenters. The van der Waals surface area contributed by atoms with Gasteiger partial charge < -0.3 is 20.3 Å². The lowest BCUT2D eigenvalue weighted by atomic mass is 10.0. The molecule has 40 heavy (non-hydrogen) atoms. The average Bonchev–Trinajstić information content (AvgIpc) is 3.33. The first-order chi connectivity index (χ1) is 19.1. The molecule has 2 aromatic heterocycles. The number of aliphatic hydroxyl groups is 1. The molecule has 0 aliphatic carbocycles. The Hall–Kier alpha value is -4.16. The van der Waals surface area contributed by atoms with Gasteiger partial charge in [0.1, 0.15) is 23.8 Å². The Bertz CT molecular complexity index is 1620. The average molecular weight is 555 g/mol. The lowest BCUT2D eigenvalue weighted by Crippen LogP contribution is -2.49. The topological polar surface area (TPSA) is 123 Å². The molecule has 0 unspecified atom stereocenters. The smallest absolute Gasteiger partial charge is 0.332 e. The number of imidazole rings is 1. The van der Waals surface area contributed by atoms with Crippen LogP contribution in [0.3, 0.4) is 0 Å². The van der Waals surface area contributed by atoms with Crippen molar-refractivity contribution in [3.05, 3.63) is 98.0 Å². The van der Waals surface area contributed by atoms with E-state index >= 15 is 0 Å². The second-order valence-corrected chi connectivity index (χ2v) is 9.78. The molecule has 12 heteroatoms. The van der Waals surface area contributed by atoms with Crippen molar-refractivity contribution in [3.8, 4) is 0 Å². The fourth-order valence-corrected chi connectivity index (χ4v) is 4.69. The number of benzene rings is 2. The number of amides is 1. The molecule has 1 amide bonds. The summed E-state index contributed by atoms with van der Waals surface area (Å²) in [5.41, 5.74) is 1.51. The molecule has 212 valence electrons. The Balaban J connectivity index is 1.51. The van der Waals surface area contributed by atoms with Crippen LogP contribution in [0.4, 0.5) is 8.78 Å². The summed E-state index contributed by atoms with van der Waals surface area (Å²) in [4.78, 5) is 42.0. The van der Waals surface area contributed by atoms with Crippen molar-refractivity contribution < 1.29 is 18.7 Å². The van der Waals surface area contributed by atoms with Crippen molar-refractivity contribution in [1.29, 1.82) is 0 Å². The van der Waals surface area contributed by atoms with Crippen LogP contribution in [0.2, 0.25) is 0 Å². The van der Waals surface area contributed by atoms with Crippen molar-refractivity contribution in [1.82, 2.24) is 29.3 Å². The number of aliphatic hydroxyl groups excluding tert-OH is 1. The second kappa shape index (κ2) is 12.3. The maximum Gasteiger partial charge on any atom is 0.332 e. The van der Waals surface area contributed by atoms with Crippen LogP contribution < -0.4 is 21.9 Å². The summed E-state index contributed by atoms with van der Waals surface area (Å²) in [6.45, 7) is 2.32. The molecule has 0 saturated carbocycles. The van der Waals surface area contributed by atoms with Crippen LogP contribution in [0.1, 0.15) is 23.6 Å². The highest BCUT2D eigenvalue weighted by molar-refractivity contribution is 5.79. The Morgan fingerprint density at radius 2 is 1.73 bits per heavy atom. The molecule has 0 aliphatic rings. The van der Waals surface area contributed by atoms with Crippen molar-refractivity contribution in [2.24, 2.45) is 14.1 Å². The minimum absolute atomic E-state index is 0.0283. The summed E-state index contributed by atoms with van der Waals surface area (Å²) in [7, 11) is 2.80. The number of nitrogens with zero attached hydrogens (tertiary/aromatic N) is 4. The van der Waals surface area contributed by atoms with Gasteiger partial charge in [0.25, 0.3) is 5.56 Å². The van der Waals surface area contributed by atoms with E-state index in [2.05, 4.69) is 28.6 Å². The minimum atomic E-state index is -1.11. The van der Waals surface area contributed by atoms with Gasteiger partial charge in [0.15, 0.2) is 5.52 Å². The zero-order valence-corrected chi connectivity index (χ0v) is 22.5. The number of hydrogen-bond acceptors (Lipinski definition) is 6. The first-order valence-corrected chi connectivity index (χ1v) is 12.9. The highest BCUT2D eigenvalue weighted by Crippen LogP contribution is 2.13. The Morgan fingerprint density at radius 1 is 1.02 bits per heavy atom. The van der Waals surface area contributed by atoms with E-state index in [1.807, 2.05) is 18.2 Å². The molecule has 4 aromatic rings. The molecular formula is C28H32F2N6O4. The van der Waals surface area contributed by atoms with Gasteiger partial charge in [-0.2, -0.15) is 0 Å². The summed E-state index contributed by atoms with van der Waals surface area (Å²) >= 11 is 0. The molecule has 0 spiro atoms. The number of aromatic nitrogens is 4. The molecule has 0 bridgehead atoms. The number of fused-ring (bicyclic) bond motifs is 1. The summed E-state index contributed by atoms with van der Waals surface area (Å²) in [5.74, 6) is -2.09. The maximum absolute atomic E-state index is 13.9. The van der Waals surface area contributed by atoms with E-state index in [1.54, 1.807) is 0 Å². The lowest BCUT2D eigenvalue weighted by molar-refractivity contribution is -0.123. The number of hydrogen-bond donors (Lipinski definition) is 3. The van der Waals surface area contributed by atoms with Crippen LogP contribution in [-0.2, 0) is 44.8 Å². The first kappa shape index (κ1) is 28.8. The van der Waals surface area contributed by atoms with Crippen LogP contribution in [0.15, 0.2) is 58.4 Å². The van der Waals surface area contributed by atoms with Gasteiger partial charge >= 0.3 is 5.69 Å². The van der Waals surface area contributed by atoms with Gasteiger partial charge in [0.05, 0.1) is 18.5 Å². The molecular weight excluding hydrogens is 522 g/mol. The van der Waals surface area contributed by atoms with Gasteiger partial charge in [-0.25, -0.2) is 18.6 Å². The van der Waals surface area contributed by atoms with Gasteiger partial charge in [-0.15, -0.1) is 0 Å². The molecule has 0 aliphatic heterocycles. The molecule has 2 aromatic carbocycles. The quantitative estimate of drug-likeness (QED) is 0.256. The van der Waals surface area contributed by atoms with E-state index in [0.717, 1.165) is 34.8 Å². The number of aryl methyl sites for hydroxylation is 2. The third kappa shape index (κ3) is 6.52. The SMILES string of the molecule is CCc1cccc(CNC[C@H](O)[C@H](Cc2cc(F)cc(F)c2)NC(=O)Cn2cnc3c(=O)n(C)c(=O)n(C)c32)c1. The van der Waals surface area contributed by atoms with Crippen LogP contribution in [0, 0.1) is 11.6 Å². The minimum Gasteiger partial charge on any atom is -0.390 e. The van der Waals surface area contributed by atoms with E-state index in [0.29, 0.717) is 6.54 Å². The van der Waals surface area contributed by atoms with Gasteiger partial charge in [-0.3, -0.25) is 18.7 Å². The van der Waals surface area contributed by atoms with Crippen LogP contribution in [0.25, 0.3) is 11.2 Å². The number of carbonyl (C=O) groups excluding carboxylic acids is 1. The van der Waals surface area contributed by atoms with Crippen molar-refractivity contribution in [2.75, 3.05) is 6.54 Å². The van der Waals surface area contributed by atoms with Crippen molar-refractivity contribution in [3.63, 3.8) is 0 Å². The summed E-state index contributed by atoms with van der Waals surface area (Å²) in [6.07, 6.45) is 1.02. The van der Waals surface area contributed by atoms with Gasteiger partial charge in [-0.05, 0) is 41.7 Å². The highest BCUT2D eigenvalue weighted by Gasteiger charge is 2.24. The Morgan fingerprint density at radius 3 is 2.42 bits per heavy atom. The van der Waals surface area contributed by atoms with Crippen molar-refractivity contribution >= 4 is 17.1 Å². The third-order valence-electron chi connectivity index (χ3n) is 6.79. The molecule has 2 heterocycles. The summed E-state index contributed by atoms with van der Waals surface area (Å²) in [6, 6.07) is 10.1. The number of halogens is 2. The van der Waals surface area contributed by atoms with Crippen LogP contribution in [-0.4, -0.2) is 48.4 Å². The molecule has 0 radical (unpaired) electrons. The molecule has 4 rings (SSSR count). The maximum atomic E-state index is 13.9. The third-order valence-corrected chi connectivity index (χ3v) is 6.79. The zero-order valence-electron chi connectivity index (χ0n) is 22.5. The van der Waals surface area contributed by atoms with E-state index < -0.39 is 40.9 Å². The van der Waals surface area contributed by atoms with Crippen molar-refractivity contribution in [2.45, 2.75) is 45.0 Å². The van der Waals surface area contributed by atoms with Crippen LogP contribution >= 0.6 is 0 Å². The monoisotopic (exact) mass is 554 g/mol. The molecule has 0 fully saturated rings. The molecule has 10 nitrogen and oxygen atoms in total. The van der Waals surface area contributed by atoms with Crippen LogP contribution in [0.5, 0.6) is 0 Å². The van der Waals surface area contributed by atoms with Gasteiger partial charge in [-0.1, -0.05) is 31.2 Å². The fourth-order valence-electron chi connectivity index (χ4n) is 4.69. The number of carbonyl (C=O) groups is 1. The second-order valence-electron chi connectivity index (χ2n) is 9.78.